The van der Waals surface area contributed by atoms with Crippen LogP contribution in [0.1, 0.15) is 51.0 Å². The maximum atomic E-state index is 10.6. The molecule has 28 heavy (non-hydrogen) atoms. The fourth-order valence-electron chi connectivity index (χ4n) is 3.97. The number of hydrogen-bond donors (Lipinski definition) is 3. The molecule has 3 N–H and O–H groups in total. The minimum atomic E-state index is -0.600. The average molecular weight is 383 g/mol. The molecule has 0 bridgehead atoms. The number of anilines is 2. The third-order valence-electron chi connectivity index (χ3n) is 5.79. The van der Waals surface area contributed by atoms with Gasteiger partial charge >= 0.3 is 0 Å². The fraction of sp³-hybridized carbons (Fsp3) is 0.500. The van der Waals surface area contributed by atoms with Gasteiger partial charge in [0.15, 0.2) is 0 Å². The Morgan fingerprint density at radius 2 is 1.39 bits per heavy atom. The molecule has 0 aromatic heterocycles. The van der Waals surface area contributed by atoms with Crippen molar-refractivity contribution in [3.05, 3.63) is 60.2 Å². The molecule has 4 nitrogen and oxygen atoms in total. The highest BCUT2D eigenvalue weighted by Crippen LogP contribution is 2.39. The van der Waals surface area contributed by atoms with E-state index in [9.17, 15) is 10.2 Å². The maximum Gasteiger partial charge on any atom is 0.0860 e. The molecule has 2 aromatic rings. The Labute approximate surface area is 169 Å². The number of rotatable bonds is 10. The van der Waals surface area contributed by atoms with Gasteiger partial charge in [-0.2, -0.15) is 0 Å². The van der Waals surface area contributed by atoms with E-state index in [4.69, 9.17) is 0 Å². The molecular weight excluding hydrogens is 348 g/mol. The van der Waals surface area contributed by atoms with Gasteiger partial charge in [-0.05, 0) is 42.7 Å². The van der Waals surface area contributed by atoms with Crippen molar-refractivity contribution in [2.45, 2.75) is 63.7 Å². The van der Waals surface area contributed by atoms with Crippen LogP contribution in [0.4, 0.5) is 11.4 Å². The lowest BCUT2D eigenvalue weighted by molar-refractivity contribution is -0.0661. The lowest BCUT2D eigenvalue weighted by Gasteiger charge is -2.47. The van der Waals surface area contributed by atoms with Crippen LogP contribution in [0.15, 0.2) is 54.6 Å². The van der Waals surface area contributed by atoms with E-state index in [1.165, 1.54) is 31.4 Å². The van der Waals surface area contributed by atoms with Crippen molar-refractivity contribution in [1.82, 2.24) is 0 Å². The number of para-hydroxylation sites is 1. The first-order valence-electron chi connectivity index (χ1n) is 10.7. The van der Waals surface area contributed by atoms with E-state index in [2.05, 4.69) is 48.3 Å². The highest BCUT2D eigenvalue weighted by atomic mass is 16.3. The second-order valence-electron chi connectivity index (χ2n) is 7.83. The minimum Gasteiger partial charge on any atom is -0.390 e. The van der Waals surface area contributed by atoms with Crippen LogP contribution in [0.2, 0.25) is 0 Å². The summed E-state index contributed by atoms with van der Waals surface area (Å²) in [5.74, 6) is -0.241. The first kappa shape index (κ1) is 20.7. The zero-order chi connectivity index (χ0) is 19.9. The lowest BCUT2D eigenvalue weighted by Crippen LogP contribution is -2.61. The first-order chi connectivity index (χ1) is 13.7. The van der Waals surface area contributed by atoms with Gasteiger partial charge in [-0.25, -0.2) is 0 Å². The van der Waals surface area contributed by atoms with Gasteiger partial charge in [0.05, 0.1) is 18.2 Å². The van der Waals surface area contributed by atoms with Crippen molar-refractivity contribution in [2.24, 2.45) is 0 Å². The number of benzene rings is 2. The molecule has 1 saturated carbocycles. The minimum absolute atomic E-state index is 0.241. The molecule has 0 spiro atoms. The van der Waals surface area contributed by atoms with Crippen LogP contribution in [0.5, 0.6) is 0 Å². The summed E-state index contributed by atoms with van der Waals surface area (Å²) < 4.78 is 0. The van der Waals surface area contributed by atoms with Crippen molar-refractivity contribution in [3.8, 4) is 0 Å². The first-order valence-corrected chi connectivity index (χ1v) is 10.7. The van der Waals surface area contributed by atoms with Gasteiger partial charge in [0, 0.05) is 30.4 Å². The van der Waals surface area contributed by atoms with Crippen molar-refractivity contribution in [3.63, 3.8) is 0 Å². The Morgan fingerprint density at radius 1 is 0.821 bits per heavy atom. The Balaban J connectivity index is 1.64. The molecule has 2 aromatic carbocycles. The molecule has 0 aliphatic heterocycles. The number of unbranched alkanes of at least 4 members (excludes halogenated alkanes) is 2. The average Bonchev–Trinajstić information content (AvgIpc) is 2.74. The maximum absolute atomic E-state index is 10.6. The molecule has 0 radical (unpaired) electrons. The van der Waals surface area contributed by atoms with E-state index >= 15 is 0 Å². The van der Waals surface area contributed by atoms with Crippen LogP contribution in [0.3, 0.4) is 0 Å². The molecule has 152 valence electrons. The summed E-state index contributed by atoms with van der Waals surface area (Å²) in [5, 5.41) is 24.5. The van der Waals surface area contributed by atoms with E-state index in [1.807, 2.05) is 30.3 Å². The van der Waals surface area contributed by atoms with Gasteiger partial charge in [0.2, 0.25) is 0 Å². The molecule has 4 heteroatoms. The van der Waals surface area contributed by atoms with Gasteiger partial charge in [-0.3, -0.25) is 0 Å². The SMILES string of the molecule is CCCCN(CCCC)c1ccc(C2C(O)C(Nc3ccccc3)C2O)cc1. The number of aliphatic hydroxyl groups excluding tert-OH is 2. The van der Waals surface area contributed by atoms with Gasteiger partial charge in [0.1, 0.15) is 0 Å². The normalized spacial score (nSPS) is 23.9. The third-order valence-corrected chi connectivity index (χ3v) is 5.79. The molecule has 1 aliphatic carbocycles. The van der Waals surface area contributed by atoms with Gasteiger partial charge in [-0.15, -0.1) is 0 Å². The summed E-state index contributed by atoms with van der Waals surface area (Å²) in [4.78, 5) is 2.45. The van der Waals surface area contributed by atoms with Crippen molar-refractivity contribution < 1.29 is 10.2 Å². The van der Waals surface area contributed by atoms with Crippen molar-refractivity contribution >= 4 is 11.4 Å². The monoisotopic (exact) mass is 382 g/mol. The van der Waals surface area contributed by atoms with Crippen molar-refractivity contribution in [2.75, 3.05) is 23.3 Å². The molecular formula is C24H34N2O2. The Kier molecular flexibility index (Phi) is 7.35. The van der Waals surface area contributed by atoms with Crippen LogP contribution >= 0.6 is 0 Å². The Bertz CT molecular complexity index is 686. The number of nitrogens with zero attached hydrogens (tertiary/aromatic N) is 1. The quantitative estimate of drug-likeness (QED) is 0.570. The Morgan fingerprint density at radius 3 is 1.93 bits per heavy atom. The zero-order valence-corrected chi connectivity index (χ0v) is 17.1. The van der Waals surface area contributed by atoms with E-state index in [0.717, 1.165) is 24.3 Å². The van der Waals surface area contributed by atoms with Crippen LogP contribution in [0.25, 0.3) is 0 Å². The van der Waals surface area contributed by atoms with E-state index in [1.54, 1.807) is 0 Å². The van der Waals surface area contributed by atoms with Gasteiger partial charge in [-0.1, -0.05) is 57.0 Å². The standard InChI is InChI=1S/C24H34N2O2/c1-3-5-16-26(17-6-4-2)20-14-12-18(13-15-20)21-23(27)22(24(21)28)25-19-10-8-7-9-11-19/h7-15,21-25,27-28H,3-6,16-17H2,1-2H3. The predicted molar refractivity (Wildman–Crippen MR) is 117 cm³/mol. The van der Waals surface area contributed by atoms with Crippen LogP contribution in [-0.4, -0.2) is 41.6 Å². The zero-order valence-electron chi connectivity index (χ0n) is 17.1. The number of nitrogens with one attached hydrogen (secondary N) is 1. The second kappa shape index (κ2) is 9.94. The predicted octanol–water partition coefficient (Wildman–Crippen LogP) is 4.39. The fourth-order valence-corrected chi connectivity index (χ4v) is 3.97. The van der Waals surface area contributed by atoms with Gasteiger partial charge < -0.3 is 20.4 Å². The summed E-state index contributed by atoms with van der Waals surface area (Å²) in [6.07, 6.45) is 3.57. The molecule has 2 atom stereocenters. The molecule has 3 rings (SSSR count). The van der Waals surface area contributed by atoms with Crippen LogP contribution in [-0.2, 0) is 0 Å². The largest absolute Gasteiger partial charge is 0.390 e. The third kappa shape index (κ3) is 4.68. The van der Waals surface area contributed by atoms with Gasteiger partial charge in [0.25, 0.3) is 0 Å². The highest BCUT2D eigenvalue weighted by Gasteiger charge is 2.49. The summed E-state index contributed by atoms with van der Waals surface area (Å²) >= 11 is 0. The Hall–Kier alpha value is -2.04. The smallest absolute Gasteiger partial charge is 0.0860 e. The molecule has 0 saturated heterocycles. The summed E-state index contributed by atoms with van der Waals surface area (Å²) in [7, 11) is 0. The van der Waals surface area contributed by atoms with E-state index in [-0.39, 0.29) is 12.0 Å². The van der Waals surface area contributed by atoms with Crippen LogP contribution in [0, 0.1) is 0 Å². The van der Waals surface area contributed by atoms with E-state index < -0.39 is 12.2 Å². The lowest BCUT2D eigenvalue weighted by atomic mass is 9.70. The number of aliphatic hydroxyl groups is 2. The summed E-state index contributed by atoms with van der Waals surface area (Å²) in [5.41, 5.74) is 3.15. The molecule has 1 fully saturated rings. The summed E-state index contributed by atoms with van der Waals surface area (Å²) in [6, 6.07) is 17.8. The molecule has 0 heterocycles. The van der Waals surface area contributed by atoms with Crippen LogP contribution < -0.4 is 10.2 Å². The van der Waals surface area contributed by atoms with E-state index in [0.29, 0.717) is 0 Å². The molecule has 0 amide bonds. The molecule has 2 unspecified atom stereocenters. The highest BCUT2D eigenvalue weighted by molar-refractivity contribution is 5.50. The topological polar surface area (TPSA) is 55.7 Å². The second-order valence-corrected chi connectivity index (χ2v) is 7.83. The summed E-state index contributed by atoms with van der Waals surface area (Å²) in [6.45, 7) is 6.60. The molecule has 1 aliphatic rings. The number of hydrogen-bond acceptors (Lipinski definition) is 4. The van der Waals surface area contributed by atoms with Crippen molar-refractivity contribution in [1.29, 1.82) is 0 Å².